The van der Waals surface area contributed by atoms with Crippen LogP contribution < -0.4 is 10.6 Å². The van der Waals surface area contributed by atoms with Gasteiger partial charge in [-0.2, -0.15) is 0 Å². The van der Waals surface area contributed by atoms with E-state index >= 15 is 0 Å². The molecule has 2 N–H and O–H groups in total. The first kappa shape index (κ1) is 13.9. The summed E-state index contributed by atoms with van der Waals surface area (Å²) in [6, 6.07) is 6.27. The van der Waals surface area contributed by atoms with Gasteiger partial charge < -0.3 is 10.1 Å². The Bertz CT molecular complexity index is 466. The van der Waals surface area contributed by atoms with Gasteiger partial charge in [-0.1, -0.05) is 12.1 Å². The number of benzene rings is 1. The van der Waals surface area contributed by atoms with E-state index < -0.39 is 30.8 Å². The molecule has 1 unspecified atom stereocenters. The zero-order valence-electron chi connectivity index (χ0n) is 10.6. The summed E-state index contributed by atoms with van der Waals surface area (Å²) in [5, 5.41) is 5.15. The van der Waals surface area contributed by atoms with Gasteiger partial charge in [0.05, 0.1) is 19.2 Å². The summed E-state index contributed by atoms with van der Waals surface area (Å²) in [6.45, 7) is -0.0156. The molecule has 0 bridgehead atoms. The van der Waals surface area contributed by atoms with Crippen LogP contribution in [0.25, 0.3) is 0 Å². The number of hydrogen-bond acceptors (Lipinski definition) is 3. The molecule has 1 aliphatic heterocycles. The molecular formula is C13H16F2N2O2. The minimum absolute atomic E-state index is 0.434. The molecule has 1 atom stereocenters. The number of amides is 1. The molecule has 1 amide bonds. The minimum Gasteiger partial charge on any atom is -0.380 e. The zero-order valence-corrected chi connectivity index (χ0v) is 10.6. The monoisotopic (exact) mass is 270 g/mol. The normalized spacial score (nSPS) is 21.3. The van der Waals surface area contributed by atoms with Crippen molar-refractivity contribution in [3.63, 3.8) is 0 Å². The molecule has 0 aliphatic carbocycles. The third-order valence-corrected chi connectivity index (χ3v) is 2.93. The summed E-state index contributed by atoms with van der Waals surface area (Å²) in [4.78, 5) is 11.8. The van der Waals surface area contributed by atoms with Crippen LogP contribution in [0.15, 0.2) is 24.3 Å². The minimum atomic E-state index is -2.81. The highest BCUT2D eigenvalue weighted by molar-refractivity contribution is 5.95. The van der Waals surface area contributed by atoms with Crippen molar-refractivity contribution in [1.82, 2.24) is 5.32 Å². The standard InChI is InChI=1S/C13H16F2N2O2/c1-19-7-9-3-2-4-10(5-9)17-12(18)11-6-13(14,15)8-16-11/h2-5,11,16H,6-8H2,1H3,(H,17,18). The van der Waals surface area contributed by atoms with Crippen LogP contribution >= 0.6 is 0 Å². The maximum atomic E-state index is 13.0. The van der Waals surface area contributed by atoms with Gasteiger partial charge in [0, 0.05) is 19.2 Å². The van der Waals surface area contributed by atoms with Crippen molar-refractivity contribution in [2.75, 3.05) is 19.0 Å². The molecule has 1 aliphatic rings. The highest BCUT2D eigenvalue weighted by Gasteiger charge is 2.42. The maximum Gasteiger partial charge on any atom is 0.262 e. The van der Waals surface area contributed by atoms with Gasteiger partial charge in [0.25, 0.3) is 5.92 Å². The first-order valence-corrected chi connectivity index (χ1v) is 6.00. The van der Waals surface area contributed by atoms with Gasteiger partial charge in [0.1, 0.15) is 0 Å². The first-order valence-electron chi connectivity index (χ1n) is 6.00. The number of anilines is 1. The van der Waals surface area contributed by atoms with E-state index in [1.54, 1.807) is 25.3 Å². The summed E-state index contributed by atoms with van der Waals surface area (Å²) in [6.07, 6.45) is -0.462. The summed E-state index contributed by atoms with van der Waals surface area (Å²) in [5.74, 6) is -3.24. The van der Waals surface area contributed by atoms with Crippen molar-refractivity contribution in [3.8, 4) is 0 Å². The lowest BCUT2D eigenvalue weighted by atomic mass is 10.1. The number of carbonyl (C=O) groups excluding carboxylic acids is 1. The summed E-state index contributed by atoms with van der Waals surface area (Å²) >= 11 is 0. The van der Waals surface area contributed by atoms with E-state index in [2.05, 4.69) is 10.6 Å². The Morgan fingerprint density at radius 3 is 3.00 bits per heavy atom. The third-order valence-electron chi connectivity index (χ3n) is 2.93. The molecule has 104 valence electrons. The van der Waals surface area contributed by atoms with E-state index in [-0.39, 0.29) is 0 Å². The first-order chi connectivity index (χ1) is 9.00. The Labute approximate surface area is 110 Å². The quantitative estimate of drug-likeness (QED) is 0.876. The van der Waals surface area contributed by atoms with Crippen LogP contribution in [-0.2, 0) is 16.1 Å². The Kier molecular flexibility index (Phi) is 4.11. The van der Waals surface area contributed by atoms with Gasteiger partial charge in [0.15, 0.2) is 0 Å². The van der Waals surface area contributed by atoms with Gasteiger partial charge >= 0.3 is 0 Å². The van der Waals surface area contributed by atoms with Crippen LogP contribution in [0.1, 0.15) is 12.0 Å². The van der Waals surface area contributed by atoms with Crippen LogP contribution in [0.3, 0.4) is 0 Å². The second-order valence-corrected chi connectivity index (χ2v) is 4.62. The molecule has 4 nitrogen and oxygen atoms in total. The molecule has 1 aromatic rings. The van der Waals surface area contributed by atoms with Crippen LogP contribution in [0.2, 0.25) is 0 Å². The van der Waals surface area contributed by atoms with Crippen molar-refractivity contribution >= 4 is 11.6 Å². The molecule has 1 saturated heterocycles. The summed E-state index contributed by atoms with van der Waals surface area (Å²) in [5.41, 5.74) is 1.49. The lowest BCUT2D eigenvalue weighted by molar-refractivity contribution is -0.118. The van der Waals surface area contributed by atoms with E-state index in [9.17, 15) is 13.6 Å². The number of hydrogen-bond donors (Lipinski definition) is 2. The molecule has 1 heterocycles. The molecule has 2 rings (SSSR count). The highest BCUT2D eigenvalue weighted by Crippen LogP contribution is 2.25. The van der Waals surface area contributed by atoms with Crippen molar-refractivity contribution in [2.24, 2.45) is 0 Å². The van der Waals surface area contributed by atoms with Gasteiger partial charge in [-0.25, -0.2) is 8.78 Å². The average molecular weight is 270 g/mol. The average Bonchev–Trinajstić information content (AvgIpc) is 2.71. The number of carbonyl (C=O) groups is 1. The van der Waals surface area contributed by atoms with Crippen molar-refractivity contribution < 1.29 is 18.3 Å². The molecule has 1 fully saturated rings. The zero-order chi connectivity index (χ0) is 13.9. The Morgan fingerprint density at radius 2 is 2.37 bits per heavy atom. The topological polar surface area (TPSA) is 50.4 Å². The van der Waals surface area contributed by atoms with Crippen molar-refractivity contribution in [3.05, 3.63) is 29.8 Å². The van der Waals surface area contributed by atoms with Gasteiger partial charge in [0.2, 0.25) is 5.91 Å². The molecular weight excluding hydrogens is 254 g/mol. The molecule has 0 saturated carbocycles. The van der Waals surface area contributed by atoms with E-state index in [0.717, 1.165) is 5.56 Å². The maximum absolute atomic E-state index is 13.0. The highest BCUT2D eigenvalue weighted by atomic mass is 19.3. The molecule has 1 aromatic carbocycles. The Morgan fingerprint density at radius 1 is 1.58 bits per heavy atom. The fourth-order valence-electron chi connectivity index (χ4n) is 2.04. The van der Waals surface area contributed by atoms with Gasteiger partial charge in [-0.15, -0.1) is 0 Å². The number of halogens is 2. The fourth-order valence-corrected chi connectivity index (χ4v) is 2.04. The van der Waals surface area contributed by atoms with E-state index in [1.165, 1.54) is 0 Å². The van der Waals surface area contributed by atoms with Crippen LogP contribution in [-0.4, -0.2) is 31.5 Å². The summed E-state index contributed by atoms with van der Waals surface area (Å²) in [7, 11) is 1.58. The van der Waals surface area contributed by atoms with E-state index in [1.807, 2.05) is 6.07 Å². The van der Waals surface area contributed by atoms with Crippen LogP contribution in [0.4, 0.5) is 14.5 Å². The lowest BCUT2D eigenvalue weighted by Crippen LogP contribution is -2.35. The predicted octanol–water partition coefficient (Wildman–Crippen LogP) is 1.77. The third kappa shape index (κ3) is 3.71. The molecule has 19 heavy (non-hydrogen) atoms. The van der Waals surface area contributed by atoms with Crippen LogP contribution in [0.5, 0.6) is 0 Å². The fraction of sp³-hybridized carbons (Fsp3) is 0.462. The van der Waals surface area contributed by atoms with Crippen molar-refractivity contribution in [2.45, 2.75) is 25.0 Å². The lowest BCUT2D eigenvalue weighted by Gasteiger charge is -2.12. The number of rotatable bonds is 4. The number of nitrogens with one attached hydrogen (secondary N) is 2. The SMILES string of the molecule is COCc1cccc(NC(=O)C2CC(F)(F)CN2)c1. The predicted molar refractivity (Wildman–Crippen MR) is 67.1 cm³/mol. The molecule has 0 aromatic heterocycles. The molecule has 6 heteroatoms. The van der Waals surface area contributed by atoms with Gasteiger partial charge in [-0.05, 0) is 17.7 Å². The number of methoxy groups -OCH3 is 1. The second kappa shape index (κ2) is 5.63. The van der Waals surface area contributed by atoms with E-state index in [4.69, 9.17) is 4.74 Å². The Balaban J connectivity index is 1.97. The summed E-state index contributed by atoms with van der Waals surface area (Å²) < 4.78 is 31.0. The van der Waals surface area contributed by atoms with Crippen molar-refractivity contribution in [1.29, 1.82) is 0 Å². The van der Waals surface area contributed by atoms with E-state index in [0.29, 0.717) is 12.3 Å². The largest absolute Gasteiger partial charge is 0.380 e. The smallest absolute Gasteiger partial charge is 0.262 e. The molecule has 0 radical (unpaired) electrons. The second-order valence-electron chi connectivity index (χ2n) is 4.62. The van der Waals surface area contributed by atoms with Gasteiger partial charge in [-0.3, -0.25) is 10.1 Å². The van der Waals surface area contributed by atoms with Crippen LogP contribution in [0, 0.1) is 0 Å². The molecule has 0 spiro atoms. The number of ether oxygens (including phenoxy) is 1. The Hall–Kier alpha value is -1.53. The number of alkyl halides is 2.